The summed E-state index contributed by atoms with van der Waals surface area (Å²) in [5, 5.41) is 12.3. The molecule has 0 spiro atoms. The quantitative estimate of drug-likeness (QED) is 0.754. The van der Waals surface area contributed by atoms with E-state index in [1.54, 1.807) is 6.20 Å². The van der Waals surface area contributed by atoms with E-state index in [4.69, 9.17) is 4.74 Å². The first kappa shape index (κ1) is 16.9. The van der Waals surface area contributed by atoms with E-state index in [0.29, 0.717) is 0 Å². The van der Waals surface area contributed by atoms with Gasteiger partial charge in [0.1, 0.15) is 0 Å². The molecule has 0 bridgehead atoms. The summed E-state index contributed by atoms with van der Waals surface area (Å²) in [6.45, 7) is 4.71. The third-order valence-electron chi connectivity index (χ3n) is 4.35. The summed E-state index contributed by atoms with van der Waals surface area (Å²) in [6, 6.07) is 3.88. The molecule has 130 valence electrons. The van der Waals surface area contributed by atoms with Crippen LogP contribution in [0, 0.1) is 0 Å². The predicted octanol–water partition coefficient (Wildman–Crippen LogP) is 0.980. The van der Waals surface area contributed by atoms with Gasteiger partial charge in [0.25, 0.3) is 0 Å². The number of rotatable bonds is 7. The Hall–Kier alpha value is -1.99. The standard InChI is InChI=1S/C17H26N6O/c1-21(17-6-3-7-18-20-17)13-16-14-23(9-10-24-16)8-4-5-15-11-19-22(2)12-15/h3,6-7,11-12,16H,4-5,8-10,13-14H2,1-2H3/t16-/m0/s1. The topological polar surface area (TPSA) is 59.3 Å². The van der Waals surface area contributed by atoms with E-state index in [1.807, 2.05) is 37.1 Å². The molecule has 0 aliphatic carbocycles. The lowest BCUT2D eigenvalue weighted by molar-refractivity contribution is -0.0237. The zero-order valence-electron chi connectivity index (χ0n) is 14.5. The Morgan fingerprint density at radius 2 is 2.33 bits per heavy atom. The second-order valence-corrected chi connectivity index (χ2v) is 6.38. The van der Waals surface area contributed by atoms with E-state index in [2.05, 4.69) is 31.3 Å². The van der Waals surface area contributed by atoms with Gasteiger partial charge in [0.2, 0.25) is 0 Å². The maximum Gasteiger partial charge on any atom is 0.151 e. The van der Waals surface area contributed by atoms with Crippen molar-refractivity contribution in [1.82, 2.24) is 24.9 Å². The summed E-state index contributed by atoms with van der Waals surface area (Å²) in [5.74, 6) is 0.884. The van der Waals surface area contributed by atoms with E-state index in [-0.39, 0.29) is 6.10 Å². The Balaban J connectivity index is 1.42. The van der Waals surface area contributed by atoms with Crippen LogP contribution in [0.2, 0.25) is 0 Å². The van der Waals surface area contributed by atoms with Gasteiger partial charge in [-0.2, -0.15) is 10.2 Å². The molecule has 0 amide bonds. The molecule has 0 unspecified atom stereocenters. The fraction of sp³-hybridized carbons (Fsp3) is 0.588. The lowest BCUT2D eigenvalue weighted by Crippen LogP contribution is -2.47. The number of aryl methyl sites for hydroxylation is 2. The highest BCUT2D eigenvalue weighted by Gasteiger charge is 2.22. The maximum atomic E-state index is 5.92. The second kappa shape index (κ2) is 8.21. The van der Waals surface area contributed by atoms with Gasteiger partial charge < -0.3 is 9.64 Å². The van der Waals surface area contributed by atoms with E-state index in [1.165, 1.54) is 5.56 Å². The smallest absolute Gasteiger partial charge is 0.151 e. The summed E-state index contributed by atoms with van der Waals surface area (Å²) in [7, 11) is 4.00. The molecule has 24 heavy (non-hydrogen) atoms. The first-order valence-electron chi connectivity index (χ1n) is 8.51. The molecule has 2 aromatic heterocycles. The van der Waals surface area contributed by atoms with Crippen LogP contribution >= 0.6 is 0 Å². The number of nitrogens with zero attached hydrogens (tertiary/aromatic N) is 6. The van der Waals surface area contributed by atoms with Crippen LogP contribution in [0.4, 0.5) is 5.82 Å². The fourth-order valence-electron chi connectivity index (χ4n) is 3.10. The summed E-state index contributed by atoms with van der Waals surface area (Å²) < 4.78 is 7.79. The zero-order valence-corrected chi connectivity index (χ0v) is 14.5. The largest absolute Gasteiger partial charge is 0.374 e. The van der Waals surface area contributed by atoms with Gasteiger partial charge in [-0.05, 0) is 37.1 Å². The summed E-state index contributed by atoms with van der Waals surface area (Å²) >= 11 is 0. The highest BCUT2D eigenvalue weighted by atomic mass is 16.5. The highest BCUT2D eigenvalue weighted by Crippen LogP contribution is 2.12. The number of hydrogen-bond donors (Lipinski definition) is 0. The van der Waals surface area contributed by atoms with Gasteiger partial charge in [-0.15, -0.1) is 5.10 Å². The molecule has 1 fully saturated rings. The Morgan fingerprint density at radius 1 is 1.42 bits per heavy atom. The third-order valence-corrected chi connectivity index (χ3v) is 4.35. The average molecular weight is 330 g/mol. The molecule has 1 aliphatic heterocycles. The third kappa shape index (κ3) is 4.75. The van der Waals surface area contributed by atoms with Gasteiger partial charge in [0.15, 0.2) is 5.82 Å². The van der Waals surface area contributed by atoms with Crippen molar-refractivity contribution in [2.45, 2.75) is 18.9 Å². The van der Waals surface area contributed by atoms with Gasteiger partial charge in [-0.25, -0.2) is 0 Å². The Morgan fingerprint density at radius 3 is 3.08 bits per heavy atom. The zero-order chi connectivity index (χ0) is 16.8. The molecule has 2 aromatic rings. The summed E-state index contributed by atoms with van der Waals surface area (Å²) in [6.07, 6.45) is 8.19. The van der Waals surface area contributed by atoms with Crippen molar-refractivity contribution in [2.24, 2.45) is 7.05 Å². The molecule has 0 saturated carbocycles. The van der Waals surface area contributed by atoms with Gasteiger partial charge >= 0.3 is 0 Å². The van der Waals surface area contributed by atoms with Gasteiger partial charge in [-0.3, -0.25) is 9.58 Å². The van der Waals surface area contributed by atoms with Crippen molar-refractivity contribution in [3.8, 4) is 0 Å². The molecule has 7 nitrogen and oxygen atoms in total. The second-order valence-electron chi connectivity index (χ2n) is 6.38. The lowest BCUT2D eigenvalue weighted by Gasteiger charge is -2.35. The minimum Gasteiger partial charge on any atom is -0.374 e. The number of aromatic nitrogens is 4. The minimum atomic E-state index is 0.212. The number of morpholine rings is 1. The van der Waals surface area contributed by atoms with Crippen LogP contribution in [0.15, 0.2) is 30.7 Å². The molecule has 1 aliphatic rings. The molecule has 3 rings (SSSR count). The molecular formula is C17H26N6O. The fourth-order valence-corrected chi connectivity index (χ4v) is 3.10. The Bertz CT molecular complexity index is 617. The minimum absolute atomic E-state index is 0.212. The molecule has 0 N–H and O–H groups in total. The number of anilines is 1. The molecule has 3 heterocycles. The normalized spacial score (nSPS) is 18.7. The van der Waals surface area contributed by atoms with Crippen molar-refractivity contribution in [1.29, 1.82) is 0 Å². The summed E-state index contributed by atoms with van der Waals surface area (Å²) in [5.41, 5.74) is 1.31. The van der Waals surface area contributed by atoms with Crippen molar-refractivity contribution >= 4 is 5.82 Å². The van der Waals surface area contributed by atoms with Crippen molar-refractivity contribution in [3.05, 3.63) is 36.3 Å². The lowest BCUT2D eigenvalue weighted by atomic mass is 10.2. The van der Waals surface area contributed by atoms with E-state index >= 15 is 0 Å². The van der Waals surface area contributed by atoms with Crippen LogP contribution in [0.3, 0.4) is 0 Å². The van der Waals surface area contributed by atoms with Crippen LogP contribution in [0.5, 0.6) is 0 Å². The Kier molecular flexibility index (Phi) is 5.77. The van der Waals surface area contributed by atoms with Crippen LogP contribution < -0.4 is 4.90 Å². The maximum absolute atomic E-state index is 5.92. The number of ether oxygens (including phenoxy) is 1. The summed E-state index contributed by atoms with van der Waals surface area (Å²) in [4.78, 5) is 4.60. The van der Waals surface area contributed by atoms with Crippen molar-refractivity contribution < 1.29 is 4.74 Å². The highest BCUT2D eigenvalue weighted by molar-refractivity contribution is 5.35. The van der Waals surface area contributed by atoms with Gasteiger partial charge in [0, 0.05) is 46.1 Å². The van der Waals surface area contributed by atoms with E-state index < -0.39 is 0 Å². The van der Waals surface area contributed by atoms with Gasteiger partial charge in [-0.1, -0.05) is 0 Å². The monoisotopic (exact) mass is 330 g/mol. The first-order chi connectivity index (χ1) is 11.7. The molecule has 1 atom stereocenters. The van der Waals surface area contributed by atoms with Crippen molar-refractivity contribution in [3.63, 3.8) is 0 Å². The molecular weight excluding hydrogens is 304 g/mol. The van der Waals surface area contributed by atoms with Crippen LogP contribution in [0.25, 0.3) is 0 Å². The average Bonchev–Trinajstić information content (AvgIpc) is 3.01. The van der Waals surface area contributed by atoms with E-state index in [9.17, 15) is 0 Å². The van der Waals surface area contributed by atoms with Crippen molar-refractivity contribution in [2.75, 3.05) is 44.7 Å². The van der Waals surface area contributed by atoms with Crippen LogP contribution in [-0.4, -0.2) is 70.8 Å². The molecule has 1 saturated heterocycles. The molecule has 0 aromatic carbocycles. The molecule has 0 radical (unpaired) electrons. The SMILES string of the molecule is CN(C[C@H]1CN(CCCc2cnn(C)c2)CCO1)c1cccnn1. The molecule has 7 heteroatoms. The number of hydrogen-bond acceptors (Lipinski definition) is 6. The first-order valence-corrected chi connectivity index (χ1v) is 8.51. The van der Waals surface area contributed by atoms with E-state index in [0.717, 1.165) is 51.4 Å². The van der Waals surface area contributed by atoms with Gasteiger partial charge in [0.05, 0.1) is 18.9 Å². The van der Waals surface area contributed by atoms with Crippen LogP contribution in [0.1, 0.15) is 12.0 Å². The predicted molar refractivity (Wildman–Crippen MR) is 93.0 cm³/mol. The van der Waals surface area contributed by atoms with Crippen LogP contribution in [-0.2, 0) is 18.2 Å². The number of likely N-dealkylation sites (N-methyl/N-ethyl adjacent to an activating group) is 1. The Labute approximate surface area is 143 Å².